The molecule has 172 valence electrons. The molecule has 5 rings (SSSR count). The maximum atomic E-state index is 12.5. The van der Waals surface area contributed by atoms with E-state index in [-0.39, 0.29) is 11.5 Å². The normalized spacial score (nSPS) is 16.9. The van der Waals surface area contributed by atoms with Crippen LogP contribution in [0.3, 0.4) is 0 Å². The van der Waals surface area contributed by atoms with E-state index in [1.165, 1.54) is 11.1 Å². The van der Waals surface area contributed by atoms with Crippen LogP contribution in [0.25, 0.3) is 10.9 Å². The molecular formula is C25H30N6O2. The lowest BCUT2D eigenvalue weighted by molar-refractivity contribution is 0.0958. The van der Waals surface area contributed by atoms with Crippen molar-refractivity contribution in [2.75, 3.05) is 45.2 Å². The number of nitrogens with zero attached hydrogens (tertiary/aromatic N) is 4. The summed E-state index contributed by atoms with van der Waals surface area (Å²) < 4.78 is 0. The molecule has 0 bridgehead atoms. The minimum absolute atomic E-state index is 0.0408. The molecule has 3 aromatic rings. The van der Waals surface area contributed by atoms with E-state index < -0.39 is 0 Å². The number of H-pyrrole nitrogens is 1. The maximum Gasteiger partial charge on any atom is 0.269 e. The molecule has 2 aromatic heterocycles. The number of hydrogen-bond donors (Lipinski definition) is 2. The van der Waals surface area contributed by atoms with Gasteiger partial charge in [0, 0.05) is 69.3 Å². The minimum atomic E-state index is -0.164. The number of aromatic nitrogens is 2. The number of rotatable bonds is 4. The molecule has 2 N–H and O–H groups in total. The van der Waals surface area contributed by atoms with Gasteiger partial charge in [0.1, 0.15) is 5.69 Å². The quantitative estimate of drug-likeness (QED) is 0.637. The van der Waals surface area contributed by atoms with Crippen LogP contribution in [0.2, 0.25) is 0 Å². The highest BCUT2D eigenvalue weighted by atomic mass is 16.1. The van der Waals surface area contributed by atoms with Crippen molar-refractivity contribution < 1.29 is 4.79 Å². The average Bonchev–Trinajstić information content (AvgIpc) is 3.21. The van der Waals surface area contributed by atoms with Crippen LogP contribution in [0.5, 0.6) is 0 Å². The van der Waals surface area contributed by atoms with Crippen LogP contribution in [0.1, 0.15) is 32.9 Å². The Kier molecular flexibility index (Phi) is 5.64. The highest BCUT2D eigenvalue weighted by molar-refractivity contribution is 5.92. The van der Waals surface area contributed by atoms with Crippen molar-refractivity contribution in [2.24, 2.45) is 0 Å². The topological polar surface area (TPSA) is 84.6 Å². The molecule has 1 aromatic carbocycles. The maximum absolute atomic E-state index is 12.5. The Labute approximate surface area is 193 Å². The Balaban J connectivity index is 1.27. The first-order valence-corrected chi connectivity index (χ1v) is 11.4. The molecule has 0 aliphatic carbocycles. The Bertz CT molecular complexity index is 1280. The molecule has 2 aliphatic heterocycles. The number of pyridine rings is 2. The molecule has 0 saturated carbocycles. The molecule has 8 nitrogen and oxygen atoms in total. The van der Waals surface area contributed by atoms with Crippen LogP contribution >= 0.6 is 0 Å². The van der Waals surface area contributed by atoms with Gasteiger partial charge in [0.2, 0.25) is 0 Å². The Morgan fingerprint density at radius 3 is 2.58 bits per heavy atom. The van der Waals surface area contributed by atoms with E-state index in [0.29, 0.717) is 5.69 Å². The van der Waals surface area contributed by atoms with Crippen LogP contribution in [0, 0.1) is 6.92 Å². The lowest BCUT2D eigenvalue weighted by Crippen LogP contribution is -2.46. The van der Waals surface area contributed by atoms with Gasteiger partial charge in [-0.25, -0.2) is 4.98 Å². The largest absolute Gasteiger partial charge is 0.368 e. The second-order valence-corrected chi connectivity index (χ2v) is 9.11. The molecule has 1 amide bonds. The number of anilines is 1. The van der Waals surface area contributed by atoms with E-state index in [4.69, 9.17) is 0 Å². The van der Waals surface area contributed by atoms with Gasteiger partial charge in [-0.15, -0.1) is 0 Å². The zero-order valence-corrected chi connectivity index (χ0v) is 19.4. The number of benzene rings is 1. The second-order valence-electron chi connectivity index (χ2n) is 9.11. The summed E-state index contributed by atoms with van der Waals surface area (Å²) in [6.45, 7) is 8.07. The van der Waals surface area contributed by atoms with E-state index in [1.54, 1.807) is 13.1 Å². The van der Waals surface area contributed by atoms with Crippen molar-refractivity contribution in [2.45, 2.75) is 26.6 Å². The summed E-state index contributed by atoms with van der Waals surface area (Å²) >= 11 is 0. The van der Waals surface area contributed by atoms with Gasteiger partial charge >= 0.3 is 0 Å². The van der Waals surface area contributed by atoms with Crippen LogP contribution in [-0.4, -0.2) is 65.9 Å². The number of amides is 1. The molecule has 1 saturated heterocycles. The fourth-order valence-corrected chi connectivity index (χ4v) is 5.04. The van der Waals surface area contributed by atoms with Gasteiger partial charge in [-0.3, -0.25) is 19.4 Å². The lowest BCUT2D eigenvalue weighted by atomic mass is 10.0. The predicted molar refractivity (Wildman–Crippen MR) is 130 cm³/mol. The predicted octanol–water partition coefficient (Wildman–Crippen LogP) is 1.86. The first-order chi connectivity index (χ1) is 15.9. The highest BCUT2D eigenvalue weighted by Gasteiger charge is 2.23. The number of aromatic amines is 1. The molecule has 1 fully saturated rings. The molecule has 8 heteroatoms. The fourth-order valence-electron chi connectivity index (χ4n) is 5.04. The number of nitrogens with one attached hydrogen (secondary N) is 2. The zero-order valence-electron chi connectivity index (χ0n) is 19.4. The number of piperazine rings is 1. The smallest absolute Gasteiger partial charge is 0.269 e. The number of fused-ring (bicyclic) bond motifs is 3. The van der Waals surface area contributed by atoms with Gasteiger partial charge in [-0.2, -0.15) is 0 Å². The molecule has 0 unspecified atom stereocenters. The Morgan fingerprint density at radius 1 is 1.09 bits per heavy atom. The van der Waals surface area contributed by atoms with E-state index in [2.05, 4.69) is 48.2 Å². The first kappa shape index (κ1) is 21.6. The number of aryl methyl sites for hydroxylation is 1. The van der Waals surface area contributed by atoms with Crippen molar-refractivity contribution in [1.29, 1.82) is 0 Å². The van der Waals surface area contributed by atoms with E-state index >= 15 is 0 Å². The fraction of sp³-hybridized carbons (Fsp3) is 0.400. The standard InChI is InChI=1S/C25H30N6O2/c1-16-23(7-6-21(27-16)25(33)26-2)31-10-8-30(9-11-31)13-17-4-5-18-19-14-29(3)15-20(19)24(32)28-22(18)12-17/h4-7,12H,8-11,13-15H2,1-3H3,(H,26,33)(H,28,32). The third kappa shape index (κ3) is 4.12. The number of carbonyl (C=O) groups is 1. The van der Waals surface area contributed by atoms with Crippen LogP contribution in [0.4, 0.5) is 5.69 Å². The van der Waals surface area contributed by atoms with Gasteiger partial charge in [-0.05, 0) is 43.3 Å². The van der Waals surface area contributed by atoms with Crippen molar-refractivity contribution >= 4 is 22.5 Å². The average molecular weight is 447 g/mol. The van der Waals surface area contributed by atoms with Gasteiger partial charge in [0.15, 0.2) is 0 Å². The summed E-state index contributed by atoms with van der Waals surface area (Å²) in [6, 6.07) is 10.3. The first-order valence-electron chi connectivity index (χ1n) is 11.4. The summed E-state index contributed by atoms with van der Waals surface area (Å²) in [7, 11) is 3.66. The van der Waals surface area contributed by atoms with E-state index in [0.717, 1.165) is 73.7 Å². The lowest BCUT2D eigenvalue weighted by Gasteiger charge is -2.36. The van der Waals surface area contributed by atoms with Gasteiger partial charge in [0.05, 0.1) is 11.4 Å². The van der Waals surface area contributed by atoms with E-state index in [1.807, 2.05) is 20.0 Å². The third-order valence-electron chi connectivity index (χ3n) is 6.79. The minimum Gasteiger partial charge on any atom is -0.368 e. The summed E-state index contributed by atoms with van der Waals surface area (Å²) in [5, 5.41) is 3.78. The summed E-state index contributed by atoms with van der Waals surface area (Å²) in [6.07, 6.45) is 0. The van der Waals surface area contributed by atoms with Crippen molar-refractivity contribution in [3.8, 4) is 0 Å². The van der Waals surface area contributed by atoms with Gasteiger partial charge in [-0.1, -0.05) is 12.1 Å². The highest BCUT2D eigenvalue weighted by Crippen LogP contribution is 2.27. The molecule has 4 heterocycles. The van der Waals surface area contributed by atoms with Crippen molar-refractivity contribution in [3.63, 3.8) is 0 Å². The zero-order chi connectivity index (χ0) is 23.1. The van der Waals surface area contributed by atoms with Crippen molar-refractivity contribution in [1.82, 2.24) is 25.1 Å². The number of hydrogen-bond acceptors (Lipinski definition) is 6. The van der Waals surface area contributed by atoms with Gasteiger partial charge < -0.3 is 15.2 Å². The monoisotopic (exact) mass is 446 g/mol. The second kappa shape index (κ2) is 8.61. The van der Waals surface area contributed by atoms with Crippen LogP contribution < -0.4 is 15.8 Å². The molecule has 0 spiro atoms. The summed E-state index contributed by atoms with van der Waals surface area (Å²) in [5.74, 6) is -0.164. The Hall–Kier alpha value is -3.23. The van der Waals surface area contributed by atoms with Gasteiger partial charge in [0.25, 0.3) is 11.5 Å². The molecule has 0 radical (unpaired) electrons. The third-order valence-corrected chi connectivity index (χ3v) is 6.79. The van der Waals surface area contributed by atoms with E-state index in [9.17, 15) is 9.59 Å². The molecular weight excluding hydrogens is 416 g/mol. The van der Waals surface area contributed by atoms with Crippen LogP contribution in [0.15, 0.2) is 35.1 Å². The number of carbonyl (C=O) groups excluding carboxylic acids is 1. The summed E-state index contributed by atoms with van der Waals surface area (Å²) in [4.78, 5) is 38.9. The van der Waals surface area contributed by atoms with Crippen LogP contribution in [-0.2, 0) is 19.6 Å². The molecule has 0 atom stereocenters. The SMILES string of the molecule is CNC(=O)c1ccc(N2CCN(Cc3ccc4c5c(c(=O)[nH]c4c3)CN(C)C5)CC2)c(C)n1. The Morgan fingerprint density at radius 2 is 1.85 bits per heavy atom. The van der Waals surface area contributed by atoms with Crippen molar-refractivity contribution in [3.05, 3.63) is 68.8 Å². The molecule has 2 aliphatic rings. The summed E-state index contributed by atoms with van der Waals surface area (Å²) in [5.41, 5.74) is 6.67. The molecule has 33 heavy (non-hydrogen) atoms.